The molecule has 1 aliphatic heterocycles. The lowest BCUT2D eigenvalue weighted by atomic mass is 10.1. The maximum absolute atomic E-state index is 11.0. The van der Waals surface area contributed by atoms with Crippen molar-refractivity contribution in [3.8, 4) is 0 Å². The van der Waals surface area contributed by atoms with Gasteiger partial charge >= 0.3 is 0 Å². The summed E-state index contributed by atoms with van der Waals surface area (Å²) in [5.41, 5.74) is 0.781. The summed E-state index contributed by atoms with van der Waals surface area (Å²) in [4.78, 5) is 0.442. The van der Waals surface area contributed by atoms with Gasteiger partial charge in [-0.25, -0.2) is 13.6 Å². The summed E-state index contributed by atoms with van der Waals surface area (Å²) in [6.07, 6.45) is 0. The second-order valence-electron chi connectivity index (χ2n) is 4.38. The molecule has 0 saturated heterocycles. The fourth-order valence-electron chi connectivity index (χ4n) is 2.14. The van der Waals surface area contributed by atoms with Crippen LogP contribution in [0, 0.1) is 0 Å². The summed E-state index contributed by atoms with van der Waals surface area (Å²) in [6.45, 7) is 1.78. The molecule has 1 atom stereocenters. The molecule has 2 rings (SSSR count). The van der Waals surface area contributed by atoms with E-state index in [1.54, 1.807) is 19.1 Å². The van der Waals surface area contributed by atoms with E-state index < -0.39 is 20.8 Å². The van der Waals surface area contributed by atoms with Crippen LogP contribution in [0.2, 0.25) is 0 Å². The quantitative estimate of drug-likeness (QED) is 0.755. The standard InChI is InChI=1S/C10H15BrN2O4S2/c1-7-9-6-8(11)2-3-10(9)19(16,17)13(7)4-5-18(12,14)15/h2-3,6-7,16-17H,4-5H2,1H3,(H2,12,14,15). The van der Waals surface area contributed by atoms with Crippen LogP contribution < -0.4 is 5.14 Å². The van der Waals surface area contributed by atoms with Crippen molar-refractivity contribution in [3.05, 3.63) is 28.2 Å². The van der Waals surface area contributed by atoms with Crippen molar-refractivity contribution in [3.63, 3.8) is 0 Å². The summed E-state index contributed by atoms with van der Waals surface area (Å²) in [7, 11) is -6.78. The average molecular weight is 371 g/mol. The summed E-state index contributed by atoms with van der Waals surface area (Å²) >= 11 is 3.33. The van der Waals surface area contributed by atoms with Crippen LogP contribution in [0.3, 0.4) is 0 Å². The van der Waals surface area contributed by atoms with Crippen LogP contribution in [-0.4, -0.2) is 34.1 Å². The van der Waals surface area contributed by atoms with E-state index in [2.05, 4.69) is 15.9 Å². The molecule has 0 spiro atoms. The molecule has 1 aliphatic rings. The topological polar surface area (TPSA) is 104 Å². The van der Waals surface area contributed by atoms with E-state index in [-0.39, 0.29) is 18.3 Å². The van der Waals surface area contributed by atoms with Crippen molar-refractivity contribution < 1.29 is 17.5 Å². The van der Waals surface area contributed by atoms with Gasteiger partial charge in [0.25, 0.3) is 0 Å². The molecule has 4 N–H and O–H groups in total. The second-order valence-corrected chi connectivity index (χ2v) is 8.98. The SMILES string of the molecule is CC1c2cc(Br)ccc2S(O)(O)N1CCS(N)(=O)=O. The Bertz CT molecular complexity index is 606. The van der Waals surface area contributed by atoms with Gasteiger partial charge in [0.1, 0.15) is 0 Å². The van der Waals surface area contributed by atoms with Crippen LogP contribution in [-0.2, 0) is 10.0 Å². The Labute approximate surface area is 122 Å². The molecule has 19 heavy (non-hydrogen) atoms. The third-order valence-corrected chi connectivity index (χ3v) is 6.43. The third kappa shape index (κ3) is 2.97. The van der Waals surface area contributed by atoms with Crippen LogP contribution in [0.15, 0.2) is 27.6 Å². The lowest BCUT2D eigenvalue weighted by Gasteiger charge is -2.38. The van der Waals surface area contributed by atoms with E-state index in [0.29, 0.717) is 4.90 Å². The van der Waals surface area contributed by atoms with E-state index >= 15 is 0 Å². The zero-order valence-corrected chi connectivity index (χ0v) is 13.4. The van der Waals surface area contributed by atoms with Gasteiger partial charge in [0.2, 0.25) is 10.0 Å². The molecule has 108 valence electrons. The van der Waals surface area contributed by atoms with E-state index in [4.69, 9.17) is 5.14 Å². The van der Waals surface area contributed by atoms with Crippen LogP contribution in [0.5, 0.6) is 0 Å². The van der Waals surface area contributed by atoms with Gasteiger partial charge in [-0.15, -0.1) is 10.8 Å². The van der Waals surface area contributed by atoms with E-state index in [9.17, 15) is 17.5 Å². The second kappa shape index (κ2) is 4.99. The first-order valence-electron chi connectivity index (χ1n) is 5.48. The molecule has 6 nitrogen and oxygen atoms in total. The van der Waals surface area contributed by atoms with Gasteiger partial charge in [-0.05, 0) is 30.7 Å². The average Bonchev–Trinajstić information content (AvgIpc) is 2.43. The Morgan fingerprint density at radius 2 is 2.11 bits per heavy atom. The molecule has 0 bridgehead atoms. The van der Waals surface area contributed by atoms with Gasteiger partial charge in [-0.3, -0.25) is 9.11 Å². The Kier molecular flexibility index (Phi) is 4.00. The molecule has 0 radical (unpaired) electrons. The van der Waals surface area contributed by atoms with Crippen LogP contribution in [0.25, 0.3) is 0 Å². The van der Waals surface area contributed by atoms with Gasteiger partial charge in [0.05, 0.1) is 16.7 Å². The molecule has 1 unspecified atom stereocenters. The fraction of sp³-hybridized carbons (Fsp3) is 0.400. The number of primary sulfonamides is 1. The first-order chi connectivity index (χ1) is 8.63. The lowest BCUT2D eigenvalue weighted by molar-refractivity contribution is 0.329. The number of hydrogen-bond donors (Lipinski definition) is 3. The normalized spacial score (nSPS) is 24.2. The van der Waals surface area contributed by atoms with E-state index in [1.807, 2.05) is 6.07 Å². The maximum Gasteiger partial charge on any atom is 0.210 e. The summed E-state index contributed by atoms with van der Waals surface area (Å²) < 4.78 is 44.8. The Morgan fingerprint density at radius 1 is 1.47 bits per heavy atom. The summed E-state index contributed by atoms with van der Waals surface area (Å²) in [5, 5.41) is 4.96. The number of halogens is 1. The van der Waals surface area contributed by atoms with Gasteiger partial charge in [0, 0.05) is 11.0 Å². The minimum atomic E-state index is -3.64. The largest absolute Gasteiger partial charge is 0.281 e. The van der Waals surface area contributed by atoms with Crippen molar-refractivity contribution in [1.82, 2.24) is 4.31 Å². The molecule has 1 aromatic carbocycles. The Hall–Kier alpha value is -0.160. The molecule has 1 heterocycles. The minimum absolute atomic E-state index is 0.0192. The van der Waals surface area contributed by atoms with Crippen molar-refractivity contribution in [2.75, 3.05) is 12.3 Å². The molecule has 0 fully saturated rings. The van der Waals surface area contributed by atoms with E-state index in [0.717, 1.165) is 10.0 Å². The van der Waals surface area contributed by atoms with Crippen LogP contribution in [0.1, 0.15) is 18.5 Å². The molecular weight excluding hydrogens is 356 g/mol. The monoisotopic (exact) mass is 370 g/mol. The number of nitrogens with zero attached hydrogens (tertiary/aromatic N) is 1. The number of fused-ring (bicyclic) bond motifs is 1. The van der Waals surface area contributed by atoms with Crippen molar-refractivity contribution in [1.29, 1.82) is 0 Å². The number of rotatable bonds is 3. The molecule has 0 saturated carbocycles. The maximum atomic E-state index is 11.0. The molecule has 0 amide bonds. The van der Waals surface area contributed by atoms with Crippen LogP contribution >= 0.6 is 26.7 Å². The van der Waals surface area contributed by atoms with Crippen LogP contribution in [0.4, 0.5) is 0 Å². The van der Waals surface area contributed by atoms with Gasteiger partial charge < -0.3 is 0 Å². The summed E-state index contributed by atoms with van der Waals surface area (Å²) in [5.74, 6) is -0.317. The highest BCUT2D eigenvalue weighted by Crippen LogP contribution is 2.63. The van der Waals surface area contributed by atoms with Crippen molar-refractivity contribution in [2.24, 2.45) is 5.14 Å². The number of benzene rings is 1. The Balaban J connectivity index is 2.34. The molecule has 9 heteroatoms. The van der Waals surface area contributed by atoms with Crippen molar-refractivity contribution in [2.45, 2.75) is 17.9 Å². The van der Waals surface area contributed by atoms with Gasteiger partial charge in [-0.2, -0.15) is 4.31 Å². The van der Waals surface area contributed by atoms with Gasteiger partial charge in [-0.1, -0.05) is 15.9 Å². The molecule has 1 aromatic rings. The predicted molar refractivity (Wildman–Crippen MR) is 78.4 cm³/mol. The lowest BCUT2D eigenvalue weighted by Crippen LogP contribution is -2.32. The van der Waals surface area contributed by atoms with Gasteiger partial charge in [0.15, 0.2) is 0 Å². The molecule has 0 aromatic heterocycles. The summed E-state index contributed by atoms with van der Waals surface area (Å²) in [6, 6.07) is 4.90. The first kappa shape index (κ1) is 15.2. The molecule has 0 aliphatic carbocycles. The number of sulfonamides is 1. The smallest absolute Gasteiger partial charge is 0.210 e. The predicted octanol–water partition coefficient (Wildman–Crippen LogP) is 2.14. The highest BCUT2D eigenvalue weighted by Gasteiger charge is 2.40. The minimum Gasteiger partial charge on any atom is -0.281 e. The fourth-order valence-corrected chi connectivity index (χ4v) is 5.03. The number of hydrogen-bond acceptors (Lipinski definition) is 5. The zero-order valence-electron chi connectivity index (χ0n) is 10.2. The van der Waals surface area contributed by atoms with E-state index in [1.165, 1.54) is 4.31 Å². The third-order valence-electron chi connectivity index (χ3n) is 3.07. The molecular formula is C10H15BrN2O4S2. The number of nitrogens with two attached hydrogens (primary N) is 1. The zero-order chi connectivity index (χ0) is 14.4. The highest BCUT2D eigenvalue weighted by atomic mass is 79.9. The highest BCUT2D eigenvalue weighted by molar-refractivity contribution is 9.10. The Morgan fingerprint density at radius 3 is 2.68 bits per heavy atom. The van der Waals surface area contributed by atoms with Crippen molar-refractivity contribution >= 4 is 36.7 Å². The first-order valence-corrected chi connectivity index (χ1v) is 9.49.